The van der Waals surface area contributed by atoms with Crippen LogP contribution >= 0.6 is 11.8 Å². The number of ketones is 1. The molecule has 6 nitrogen and oxygen atoms in total. The minimum atomic E-state index is -0.474. The maximum absolute atomic E-state index is 13.0. The van der Waals surface area contributed by atoms with Crippen LogP contribution in [-0.2, 0) is 0 Å². The smallest absolute Gasteiger partial charge is 0.203 e. The van der Waals surface area contributed by atoms with E-state index < -0.39 is 6.04 Å². The van der Waals surface area contributed by atoms with Gasteiger partial charge < -0.3 is 18.9 Å². The predicted octanol–water partition coefficient (Wildman–Crippen LogP) is 3.47. The van der Waals surface area contributed by atoms with E-state index in [2.05, 4.69) is 4.99 Å². The number of aliphatic imine (C=N–C) groups is 1. The highest BCUT2D eigenvalue weighted by molar-refractivity contribution is 8.14. The standard InChI is InChI=1S/C20H21NO5S/c1-23-15-8-6-5-7-13(15)20-21-14(11-27-20)18(22)12-9-16(24-2)19(26-4)17(10-12)25-3/h5-10,14H,11H2,1-4H3. The van der Waals surface area contributed by atoms with Gasteiger partial charge in [-0.2, -0.15) is 0 Å². The Morgan fingerprint density at radius 2 is 1.59 bits per heavy atom. The largest absolute Gasteiger partial charge is 0.496 e. The number of nitrogens with zero attached hydrogens (tertiary/aromatic N) is 1. The van der Waals surface area contributed by atoms with Crippen molar-refractivity contribution >= 4 is 22.6 Å². The van der Waals surface area contributed by atoms with Gasteiger partial charge in [-0.05, 0) is 24.3 Å². The van der Waals surface area contributed by atoms with Crippen LogP contribution in [-0.4, -0.2) is 51.1 Å². The van der Waals surface area contributed by atoms with Gasteiger partial charge in [-0.15, -0.1) is 11.8 Å². The molecule has 0 N–H and O–H groups in total. The molecule has 0 bridgehead atoms. The number of thioether (sulfide) groups is 1. The summed E-state index contributed by atoms with van der Waals surface area (Å²) in [6.45, 7) is 0. The van der Waals surface area contributed by atoms with Crippen LogP contribution in [0.3, 0.4) is 0 Å². The molecule has 1 aliphatic heterocycles. The Hall–Kier alpha value is -2.67. The first-order valence-corrected chi connectivity index (χ1v) is 9.29. The van der Waals surface area contributed by atoms with E-state index in [1.54, 1.807) is 31.0 Å². The third-order valence-electron chi connectivity index (χ3n) is 4.24. The highest BCUT2D eigenvalue weighted by Crippen LogP contribution is 2.39. The molecule has 1 aliphatic rings. The van der Waals surface area contributed by atoms with Gasteiger partial charge in [0.1, 0.15) is 16.8 Å². The average Bonchev–Trinajstić information content (AvgIpc) is 3.21. The van der Waals surface area contributed by atoms with Gasteiger partial charge in [0.2, 0.25) is 5.75 Å². The van der Waals surface area contributed by atoms with Crippen LogP contribution in [0.4, 0.5) is 0 Å². The van der Waals surface area contributed by atoms with Gasteiger partial charge in [0.05, 0.1) is 28.4 Å². The first kappa shape index (κ1) is 19.1. The Kier molecular flexibility index (Phi) is 5.91. The van der Waals surface area contributed by atoms with Crippen LogP contribution in [0.1, 0.15) is 15.9 Å². The number of hydrogen-bond acceptors (Lipinski definition) is 7. The monoisotopic (exact) mass is 387 g/mol. The predicted molar refractivity (Wildman–Crippen MR) is 106 cm³/mol. The van der Waals surface area contributed by atoms with Crippen molar-refractivity contribution in [2.45, 2.75) is 6.04 Å². The van der Waals surface area contributed by atoms with Crippen LogP contribution < -0.4 is 18.9 Å². The summed E-state index contributed by atoms with van der Waals surface area (Å²) in [6, 6.07) is 10.5. The van der Waals surface area contributed by atoms with E-state index in [0.29, 0.717) is 28.6 Å². The molecular formula is C20H21NO5S. The van der Waals surface area contributed by atoms with Crippen LogP contribution in [0.15, 0.2) is 41.4 Å². The van der Waals surface area contributed by atoms with Crippen LogP contribution in [0.25, 0.3) is 0 Å². The van der Waals surface area contributed by atoms with Crippen molar-refractivity contribution in [3.05, 3.63) is 47.5 Å². The molecule has 1 unspecified atom stereocenters. The number of rotatable bonds is 7. The second-order valence-electron chi connectivity index (χ2n) is 5.74. The zero-order valence-electron chi connectivity index (χ0n) is 15.6. The number of hydrogen-bond donors (Lipinski definition) is 0. The summed E-state index contributed by atoms with van der Waals surface area (Å²) in [6.07, 6.45) is 0. The van der Waals surface area contributed by atoms with Gasteiger partial charge >= 0.3 is 0 Å². The molecule has 0 spiro atoms. The first-order chi connectivity index (χ1) is 13.1. The van der Waals surface area contributed by atoms with E-state index in [-0.39, 0.29) is 5.78 Å². The molecule has 0 saturated carbocycles. The van der Waals surface area contributed by atoms with Gasteiger partial charge in [-0.1, -0.05) is 12.1 Å². The molecule has 0 saturated heterocycles. The minimum absolute atomic E-state index is 0.0911. The summed E-state index contributed by atoms with van der Waals surface area (Å²) < 4.78 is 21.4. The summed E-state index contributed by atoms with van der Waals surface area (Å²) >= 11 is 1.55. The third kappa shape index (κ3) is 3.73. The van der Waals surface area contributed by atoms with Crippen molar-refractivity contribution in [1.29, 1.82) is 0 Å². The number of Topliss-reactive ketones (excluding diaryl/α,β-unsaturated/α-hetero) is 1. The summed E-state index contributed by atoms with van der Waals surface area (Å²) in [4.78, 5) is 17.6. The maximum atomic E-state index is 13.0. The van der Waals surface area contributed by atoms with Gasteiger partial charge in [0.25, 0.3) is 0 Å². The molecule has 3 rings (SSSR count). The molecule has 2 aromatic carbocycles. The summed E-state index contributed by atoms with van der Waals surface area (Å²) in [5.74, 6) is 2.56. The lowest BCUT2D eigenvalue weighted by Crippen LogP contribution is -2.19. The van der Waals surface area contributed by atoms with E-state index >= 15 is 0 Å². The number of methoxy groups -OCH3 is 4. The Balaban J connectivity index is 1.92. The molecule has 0 radical (unpaired) electrons. The van der Waals surface area contributed by atoms with Gasteiger partial charge in [-0.25, -0.2) is 0 Å². The molecular weight excluding hydrogens is 366 g/mol. The zero-order valence-corrected chi connectivity index (χ0v) is 16.5. The van der Waals surface area contributed by atoms with Crippen LogP contribution in [0.5, 0.6) is 23.0 Å². The Labute approximate surface area is 162 Å². The molecule has 0 fully saturated rings. The van der Waals surface area contributed by atoms with E-state index in [4.69, 9.17) is 18.9 Å². The van der Waals surface area contributed by atoms with Crippen molar-refractivity contribution in [3.8, 4) is 23.0 Å². The van der Waals surface area contributed by atoms with E-state index in [1.165, 1.54) is 21.3 Å². The highest BCUT2D eigenvalue weighted by Gasteiger charge is 2.29. The second-order valence-corrected chi connectivity index (χ2v) is 6.75. The molecule has 1 heterocycles. The Bertz CT molecular complexity index is 855. The summed E-state index contributed by atoms with van der Waals surface area (Å²) in [7, 11) is 6.20. The SMILES string of the molecule is COc1ccccc1C1=NC(C(=O)c2cc(OC)c(OC)c(OC)c2)CS1. The Morgan fingerprint density at radius 3 is 2.19 bits per heavy atom. The number of ether oxygens (including phenoxy) is 4. The van der Waals surface area contributed by atoms with Crippen molar-refractivity contribution in [2.24, 2.45) is 4.99 Å². The fourth-order valence-corrected chi connectivity index (χ4v) is 3.96. The first-order valence-electron chi connectivity index (χ1n) is 8.31. The fourth-order valence-electron chi connectivity index (χ4n) is 2.89. The van der Waals surface area contributed by atoms with Gasteiger partial charge in [0, 0.05) is 16.9 Å². The Morgan fingerprint density at radius 1 is 0.963 bits per heavy atom. The maximum Gasteiger partial charge on any atom is 0.203 e. The molecule has 1 atom stereocenters. The lowest BCUT2D eigenvalue weighted by molar-refractivity contribution is 0.0971. The number of carbonyl (C=O) groups excluding carboxylic acids is 1. The molecule has 27 heavy (non-hydrogen) atoms. The highest BCUT2D eigenvalue weighted by atomic mass is 32.2. The second kappa shape index (κ2) is 8.35. The van der Waals surface area contributed by atoms with E-state index in [0.717, 1.165) is 16.4 Å². The normalized spacial score (nSPS) is 15.9. The fraction of sp³-hybridized carbons (Fsp3) is 0.300. The zero-order chi connectivity index (χ0) is 19.4. The molecule has 0 amide bonds. The van der Waals surface area contributed by atoms with Crippen molar-refractivity contribution in [1.82, 2.24) is 0 Å². The number of para-hydroxylation sites is 1. The topological polar surface area (TPSA) is 66.4 Å². The molecule has 142 valence electrons. The molecule has 0 aliphatic carbocycles. The number of benzene rings is 2. The van der Waals surface area contributed by atoms with Gasteiger partial charge in [0.15, 0.2) is 17.3 Å². The van der Waals surface area contributed by atoms with Crippen molar-refractivity contribution < 1.29 is 23.7 Å². The van der Waals surface area contributed by atoms with E-state index in [9.17, 15) is 4.79 Å². The van der Waals surface area contributed by atoms with Crippen molar-refractivity contribution in [2.75, 3.05) is 34.2 Å². The summed E-state index contributed by atoms with van der Waals surface area (Å²) in [5.41, 5.74) is 1.37. The average molecular weight is 387 g/mol. The van der Waals surface area contributed by atoms with Crippen molar-refractivity contribution in [3.63, 3.8) is 0 Å². The lowest BCUT2D eigenvalue weighted by atomic mass is 10.0. The molecule has 7 heteroatoms. The van der Waals surface area contributed by atoms with Crippen LogP contribution in [0, 0.1) is 0 Å². The lowest BCUT2D eigenvalue weighted by Gasteiger charge is -2.14. The molecule has 0 aromatic heterocycles. The van der Waals surface area contributed by atoms with Gasteiger partial charge in [-0.3, -0.25) is 9.79 Å². The van der Waals surface area contributed by atoms with E-state index in [1.807, 2.05) is 24.3 Å². The van der Waals surface area contributed by atoms with Crippen LogP contribution in [0.2, 0.25) is 0 Å². The number of carbonyl (C=O) groups is 1. The minimum Gasteiger partial charge on any atom is -0.496 e. The third-order valence-corrected chi connectivity index (χ3v) is 5.32. The quantitative estimate of drug-likeness (QED) is 0.678. The molecule has 2 aromatic rings. The summed E-state index contributed by atoms with van der Waals surface area (Å²) in [5, 5.41) is 0.804.